The first-order valence-electron chi connectivity index (χ1n) is 7.08. The highest BCUT2D eigenvalue weighted by molar-refractivity contribution is 7.99. The SMILES string of the molecule is CC(C)(CNC(=O)C1(O)CCSCC1)c1ccccc1. The molecule has 0 saturated carbocycles. The van der Waals surface area contributed by atoms with Crippen molar-refractivity contribution in [2.75, 3.05) is 18.1 Å². The summed E-state index contributed by atoms with van der Waals surface area (Å²) in [6, 6.07) is 10.1. The third-order valence-corrected chi connectivity index (χ3v) is 4.97. The van der Waals surface area contributed by atoms with Gasteiger partial charge in [0.2, 0.25) is 0 Å². The first-order chi connectivity index (χ1) is 9.44. The lowest BCUT2D eigenvalue weighted by molar-refractivity contribution is -0.140. The second kappa shape index (κ2) is 6.19. The number of hydrogen-bond donors (Lipinski definition) is 2. The Hall–Kier alpha value is -1.00. The first-order valence-corrected chi connectivity index (χ1v) is 8.23. The van der Waals surface area contributed by atoms with Gasteiger partial charge < -0.3 is 10.4 Å². The van der Waals surface area contributed by atoms with Gasteiger partial charge in [0.25, 0.3) is 5.91 Å². The fraction of sp³-hybridized carbons (Fsp3) is 0.562. The largest absolute Gasteiger partial charge is 0.380 e. The van der Waals surface area contributed by atoms with Gasteiger partial charge in [-0.25, -0.2) is 0 Å². The van der Waals surface area contributed by atoms with Gasteiger partial charge >= 0.3 is 0 Å². The van der Waals surface area contributed by atoms with E-state index in [0.717, 1.165) is 11.5 Å². The molecule has 1 aliphatic rings. The van der Waals surface area contributed by atoms with E-state index in [1.165, 1.54) is 5.56 Å². The summed E-state index contributed by atoms with van der Waals surface area (Å²) in [7, 11) is 0. The van der Waals surface area contributed by atoms with Crippen LogP contribution in [0.2, 0.25) is 0 Å². The molecule has 1 aromatic carbocycles. The molecule has 1 saturated heterocycles. The number of carbonyl (C=O) groups is 1. The summed E-state index contributed by atoms with van der Waals surface area (Å²) in [5, 5.41) is 13.3. The minimum absolute atomic E-state index is 0.142. The normalized spacial score (nSPS) is 18.6. The van der Waals surface area contributed by atoms with E-state index in [9.17, 15) is 9.90 Å². The Morgan fingerprint density at radius 2 is 1.90 bits per heavy atom. The van der Waals surface area contributed by atoms with E-state index < -0.39 is 5.60 Å². The number of hydrogen-bond acceptors (Lipinski definition) is 3. The fourth-order valence-corrected chi connectivity index (χ4v) is 3.56. The first kappa shape index (κ1) is 15.4. The minimum atomic E-state index is -1.17. The molecule has 4 heteroatoms. The molecule has 1 aromatic rings. The Balaban J connectivity index is 1.96. The molecule has 0 spiro atoms. The van der Waals surface area contributed by atoms with Crippen LogP contribution < -0.4 is 5.32 Å². The molecule has 1 amide bonds. The van der Waals surface area contributed by atoms with Crippen molar-refractivity contribution in [1.82, 2.24) is 5.32 Å². The maximum atomic E-state index is 12.2. The van der Waals surface area contributed by atoms with Crippen LogP contribution in [-0.2, 0) is 10.2 Å². The van der Waals surface area contributed by atoms with Crippen LogP contribution in [0.1, 0.15) is 32.3 Å². The zero-order valence-electron chi connectivity index (χ0n) is 12.2. The summed E-state index contributed by atoms with van der Waals surface area (Å²) in [5.41, 5.74) is -0.124. The average molecular weight is 293 g/mol. The Kier molecular flexibility index (Phi) is 4.76. The molecule has 1 heterocycles. The number of rotatable bonds is 4. The second-order valence-corrected chi connectivity index (χ2v) is 7.30. The van der Waals surface area contributed by atoms with Crippen LogP contribution in [-0.4, -0.2) is 34.7 Å². The molecule has 0 aromatic heterocycles. The van der Waals surface area contributed by atoms with Crippen LogP contribution in [0, 0.1) is 0 Å². The van der Waals surface area contributed by atoms with Gasteiger partial charge in [-0.05, 0) is 29.9 Å². The zero-order chi connectivity index (χ0) is 14.6. The maximum Gasteiger partial charge on any atom is 0.252 e. The van der Waals surface area contributed by atoms with Crippen LogP contribution >= 0.6 is 11.8 Å². The van der Waals surface area contributed by atoms with E-state index in [1.54, 1.807) is 11.8 Å². The van der Waals surface area contributed by atoms with E-state index in [1.807, 2.05) is 18.2 Å². The molecule has 2 N–H and O–H groups in total. The summed E-state index contributed by atoms with van der Waals surface area (Å²) in [6.45, 7) is 4.73. The Bertz CT molecular complexity index is 453. The maximum absolute atomic E-state index is 12.2. The molecule has 0 aliphatic carbocycles. The van der Waals surface area contributed by atoms with E-state index >= 15 is 0 Å². The van der Waals surface area contributed by atoms with E-state index in [0.29, 0.717) is 19.4 Å². The van der Waals surface area contributed by atoms with Crippen molar-refractivity contribution in [2.45, 2.75) is 37.7 Å². The highest BCUT2D eigenvalue weighted by atomic mass is 32.2. The Morgan fingerprint density at radius 1 is 1.30 bits per heavy atom. The third-order valence-electron chi connectivity index (χ3n) is 3.99. The van der Waals surface area contributed by atoms with Crippen molar-refractivity contribution < 1.29 is 9.90 Å². The molecule has 2 rings (SSSR count). The van der Waals surface area contributed by atoms with Crippen LogP contribution in [0.5, 0.6) is 0 Å². The smallest absolute Gasteiger partial charge is 0.252 e. The van der Waals surface area contributed by atoms with E-state index in [2.05, 4.69) is 31.3 Å². The lowest BCUT2D eigenvalue weighted by atomic mass is 9.84. The number of thioether (sulfide) groups is 1. The van der Waals surface area contributed by atoms with Gasteiger partial charge in [0, 0.05) is 12.0 Å². The molecule has 0 bridgehead atoms. The summed E-state index contributed by atoms with van der Waals surface area (Å²) < 4.78 is 0. The van der Waals surface area contributed by atoms with Crippen molar-refractivity contribution in [1.29, 1.82) is 0 Å². The molecular formula is C16H23NO2S. The van der Waals surface area contributed by atoms with Crippen molar-refractivity contribution in [3.05, 3.63) is 35.9 Å². The summed E-state index contributed by atoms with van der Waals surface area (Å²) in [4.78, 5) is 12.2. The number of carbonyl (C=O) groups excluding carboxylic acids is 1. The van der Waals surface area contributed by atoms with Crippen molar-refractivity contribution in [3.63, 3.8) is 0 Å². The predicted molar refractivity (Wildman–Crippen MR) is 84.0 cm³/mol. The number of nitrogens with one attached hydrogen (secondary N) is 1. The molecule has 0 atom stereocenters. The molecule has 1 aliphatic heterocycles. The van der Waals surface area contributed by atoms with E-state index in [4.69, 9.17) is 0 Å². The molecule has 1 fully saturated rings. The molecule has 20 heavy (non-hydrogen) atoms. The summed E-state index contributed by atoms with van der Waals surface area (Å²) in [6.07, 6.45) is 1.10. The molecule has 0 radical (unpaired) electrons. The summed E-state index contributed by atoms with van der Waals surface area (Å²) >= 11 is 1.80. The van der Waals surface area contributed by atoms with Crippen LogP contribution in [0.15, 0.2) is 30.3 Å². The highest BCUT2D eigenvalue weighted by Crippen LogP contribution is 2.28. The van der Waals surface area contributed by atoms with Crippen molar-refractivity contribution in [3.8, 4) is 0 Å². The van der Waals surface area contributed by atoms with Gasteiger partial charge in [-0.1, -0.05) is 44.2 Å². The summed E-state index contributed by atoms with van der Waals surface area (Å²) in [5.74, 6) is 1.49. The van der Waals surface area contributed by atoms with Crippen LogP contribution in [0.3, 0.4) is 0 Å². The zero-order valence-corrected chi connectivity index (χ0v) is 13.0. The van der Waals surface area contributed by atoms with Crippen LogP contribution in [0.4, 0.5) is 0 Å². The van der Waals surface area contributed by atoms with Gasteiger partial charge in [-0.3, -0.25) is 4.79 Å². The second-order valence-electron chi connectivity index (χ2n) is 6.08. The lowest BCUT2D eigenvalue weighted by Gasteiger charge is -2.32. The number of benzene rings is 1. The predicted octanol–water partition coefficient (Wildman–Crippen LogP) is 2.34. The molecule has 0 unspecified atom stereocenters. The highest BCUT2D eigenvalue weighted by Gasteiger charge is 2.37. The monoisotopic (exact) mass is 293 g/mol. The molecule has 110 valence electrons. The number of aliphatic hydroxyl groups is 1. The molecule has 3 nitrogen and oxygen atoms in total. The lowest BCUT2D eigenvalue weighted by Crippen LogP contribution is -2.51. The van der Waals surface area contributed by atoms with Gasteiger partial charge in [0.15, 0.2) is 0 Å². The quantitative estimate of drug-likeness (QED) is 0.896. The molecular weight excluding hydrogens is 270 g/mol. The average Bonchev–Trinajstić information content (AvgIpc) is 2.46. The van der Waals surface area contributed by atoms with Crippen molar-refractivity contribution >= 4 is 17.7 Å². The van der Waals surface area contributed by atoms with Gasteiger partial charge in [-0.15, -0.1) is 0 Å². The van der Waals surface area contributed by atoms with Gasteiger partial charge in [0.05, 0.1) is 0 Å². The Morgan fingerprint density at radius 3 is 2.50 bits per heavy atom. The van der Waals surface area contributed by atoms with Gasteiger partial charge in [-0.2, -0.15) is 11.8 Å². The topological polar surface area (TPSA) is 49.3 Å². The Labute approximate surface area is 125 Å². The third kappa shape index (κ3) is 3.55. The standard InChI is InChI=1S/C16H23NO2S/c1-15(2,13-6-4-3-5-7-13)12-17-14(18)16(19)8-10-20-11-9-16/h3-7,19H,8-12H2,1-2H3,(H,17,18). The van der Waals surface area contributed by atoms with Gasteiger partial charge in [0.1, 0.15) is 5.60 Å². The van der Waals surface area contributed by atoms with Crippen molar-refractivity contribution in [2.24, 2.45) is 0 Å². The van der Waals surface area contributed by atoms with Crippen LogP contribution in [0.25, 0.3) is 0 Å². The van der Waals surface area contributed by atoms with E-state index in [-0.39, 0.29) is 11.3 Å². The minimum Gasteiger partial charge on any atom is -0.380 e. The number of amides is 1. The fourth-order valence-electron chi connectivity index (χ4n) is 2.39.